The Labute approximate surface area is 208 Å². The van der Waals surface area contributed by atoms with Gasteiger partial charge < -0.3 is 34.4 Å². The molecule has 0 radical (unpaired) electrons. The van der Waals surface area contributed by atoms with Gasteiger partial charge in [-0.3, -0.25) is 4.79 Å². The van der Waals surface area contributed by atoms with Crippen molar-refractivity contribution in [1.29, 1.82) is 0 Å². The fourth-order valence-electron chi connectivity index (χ4n) is 6.49. The van der Waals surface area contributed by atoms with Crippen molar-refractivity contribution in [2.75, 3.05) is 13.6 Å². The molecule has 0 aromatic heterocycles. The number of aliphatic hydroxyl groups is 3. The molecule has 6 atom stereocenters. The molecule has 10 heteroatoms. The number of hydrogen-bond acceptors (Lipinski definition) is 10. The van der Waals surface area contributed by atoms with Crippen LogP contribution in [0.5, 0.6) is 5.75 Å². The minimum atomic E-state index is -1.66. The molecular weight excluding hydrogens is 470 g/mol. The maximum atomic E-state index is 12.9. The van der Waals surface area contributed by atoms with Crippen LogP contribution < -0.4 is 4.74 Å². The molecule has 2 aliphatic carbocycles. The number of piperidine rings is 1. The normalized spacial score (nSPS) is 31.4. The second-order valence-electron chi connectivity index (χ2n) is 10.3. The number of nitrogens with zero attached hydrogens (tertiary/aromatic N) is 1. The second kappa shape index (κ2) is 8.65. The molecule has 10 nitrogen and oxygen atoms in total. The van der Waals surface area contributed by atoms with Gasteiger partial charge in [-0.25, -0.2) is 9.59 Å². The number of carbonyl (C=O) groups excluding carboxylic acids is 3. The fraction of sp³-hybridized carbons (Fsp3) is 0.577. The average molecular weight is 502 g/mol. The smallest absolute Gasteiger partial charge is 0.352 e. The van der Waals surface area contributed by atoms with Gasteiger partial charge in [0.1, 0.15) is 17.3 Å². The highest BCUT2D eigenvalue weighted by Gasteiger charge is 2.71. The lowest BCUT2D eigenvalue weighted by molar-refractivity contribution is -0.178. The van der Waals surface area contributed by atoms with Crippen molar-refractivity contribution in [2.45, 2.75) is 81.5 Å². The molecule has 1 saturated heterocycles. The summed E-state index contributed by atoms with van der Waals surface area (Å²) in [5, 5.41) is 31.9. The molecule has 1 spiro atoms. The van der Waals surface area contributed by atoms with E-state index in [1.54, 1.807) is 6.08 Å². The summed E-state index contributed by atoms with van der Waals surface area (Å²) in [5.74, 6) is -1.61. The number of ether oxygens (including phenoxy) is 3. The molecule has 1 aromatic carbocycles. The lowest BCUT2D eigenvalue weighted by Crippen LogP contribution is -2.74. The highest BCUT2D eigenvalue weighted by atomic mass is 16.6. The fourth-order valence-corrected chi connectivity index (χ4v) is 6.49. The van der Waals surface area contributed by atoms with E-state index in [9.17, 15) is 29.7 Å². The Hall–Kier alpha value is -2.79. The Kier molecular flexibility index (Phi) is 5.98. The number of ketones is 1. The van der Waals surface area contributed by atoms with Crippen LogP contribution in [0.4, 0.5) is 0 Å². The van der Waals surface area contributed by atoms with Gasteiger partial charge in [0.15, 0.2) is 18.3 Å². The van der Waals surface area contributed by atoms with E-state index in [1.165, 1.54) is 13.8 Å². The van der Waals surface area contributed by atoms with Crippen LogP contribution in [0.25, 0.3) is 0 Å². The lowest BCUT2D eigenvalue weighted by Gasteiger charge is -2.61. The molecule has 2 aliphatic heterocycles. The first-order chi connectivity index (χ1) is 17.0. The maximum Gasteiger partial charge on any atom is 0.352 e. The first kappa shape index (κ1) is 24.9. The van der Waals surface area contributed by atoms with Gasteiger partial charge in [-0.1, -0.05) is 12.1 Å². The molecule has 3 N–H and O–H groups in total. The van der Waals surface area contributed by atoms with Crippen molar-refractivity contribution in [3.05, 3.63) is 40.7 Å². The summed E-state index contributed by atoms with van der Waals surface area (Å²) in [6.07, 6.45) is -1.13. The van der Waals surface area contributed by atoms with Crippen LogP contribution in [0.3, 0.4) is 0 Å². The van der Waals surface area contributed by atoms with Gasteiger partial charge in [-0.2, -0.15) is 0 Å². The van der Waals surface area contributed by atoms with Crippen molar-refractivity contribution in [3.63, 3.8) is 0 Å². The van der Waals surface area contributed by atoms with E-state index in [0.29, 0.717) is 30.7 Å². The summed E-state index contributed by atoms with van der Waals surface area (Å²) < 4.78 is 17.1. The molecule has 1 aromatic rings. The third-order valence-corrected chi connectivity index (χ3v) is 8.22. The van der Waals surface area contributed by atoms with Gasteiger partial charge in [0.2, 0.25) is 0 Å². The van der Waals surface area contributed by atoms with Crippen LogP contribution in [-0.4, -0.2) is 81.5 Å². The molecule has 0 amide bonds. The number of likely N-dealkylation sites (N-methyl/N-ethyl adjacent to an activating group) is 1. The van der Waals surface area contributed by atoms with E-state index in [-0.39, 0.29) is 24.8 Å². The van der Waals surface area contributed by atoms with E-state index in [1.807, 2.05) is 19.2 Å². The number of carbonyl (C=O) groups is 3. The summed E-state index contributed by atoms with van der Waals surface area (Å²) in [6, 6.07) is 3.64. The molecule has 36 heavy (non-hydrogen) atoms. The van der Waals surface area contributed by atoms with Gasteiger partial charge in [-0.15, -0.1) is 0 Å². The highest BCUT2D eigenvalue weighted by molar-refractivity contribution is 5.86. The predicted molar refractivity (Wildman–Crippen MR) is 124 cm³/mol. The number of likely N-dealkylation sites (tertiary alicyclic amines) is 1. The molecule has 4 aliphatic rings. The zero-order valence-electron chi connectivity index (χ0n) is 20.5. The van der Waals surface area contributed by atoms with E-state index in [4.69, 9.17) is 14.2 Å². The van der Waals surface area contributed by atoms with E-state index in [2.05, 4.69) is 4.90 Å². The highest BCUT2D eigenvalue weighted by Crippen LogP contribution is 2.64. The first-order valence-electron chi connectivity index (χ1n) is 12.2. The third-order valence-electron chi connectivity index (χ3n) is 8.22. The van der Waals surface area contributed by atoms with Crippen LogP contribution in [0.1, 0.15) is 49.8 Å². The number of esters is 2. The molecule has 0 saturated carbocycles. The van der Waals surface area contributed by atoms with E-state index >= 15 is 0 Å². The standard InChI is InChI=1S/C26H31NO9/c1-13(29)10-17(30)24(32)34-14(2)23(31)35-18-6-7-26(33)19-11-15-4-5-16(12-28)21-20(15)25(26,22(18)36-21)8-9-27(19)3/h4-6,14,17,19,22,28,30,33H,7-12H2,1-3H3/t14-,17-,19+,22-,25-,26+/m0/s1. The average Bonchev–Trinajstić information content (AvgIpc) is 3.18. The Morgan fingerprint density at radius 1 is 1.28 bits per heavy atom. The van der Waals surface area contributed by atoms with Crippen LogP contribution in [-0.2, 0) is 42.3 Å². The summed E-state index contributed by atoms with van der Waals surface area (Å²) in [4.78, 5) is 38.3. The van der Waals surface area contributed by atoms with Crippen molar-refractivity contribution in [1.82, 2.24) is 4.90 Å². The molecule has 1 fully saturated rings. The van der Waals surface area contributed by atoms with E-state index in [0.717, 1.165) is 11.1 Å². The predicted octanol–water partition coefficient (Wildman–Crippen LogP) is 0.271. The van der Waals surface area contributed by atoms with Crippen molar-refractivity contribution in [3.8, 4) is 5.75 Å². The van der Waals surface area contributed by atoms with Crippen LogP contribution >= 0.6 is 0 Å². The van der Waals surface area contributed by atoms with Crippen molar-refractivity contribution >= 4 is 17.7 Å². The number of benzene rings is 1. The molecule has 0 unspecified atom stereocenters. The molecule has 5 rings (SSSR count). The Balaban J connectivity index is 1.45. The lowest BCUT2D eigenvalue weighted by atomic mass is 9.50. The number of rotatable bonds is 7. The summed E-state index contributed by atoms with van der Waals surface area (Å²) in [6.45, 7) is 3.02. The van der Waals surface area contributed by atoms with Crippen LogP contribution in [0, 0.1) is 0 Å². The van der Waals surface area contributed by atoms with Crippen molar-refractivity contribution < 1.29 is 43.9 Å². The van der Waals surface area contributed by atoms with Gasteiger partial charge >= 0.3 is 11.9 Å². The number of Topliss-reactive ketones (excluding diaryl/α,β-unsaturated/α-hetero) is 1. The zero-order chi connectivity index (χ0) is 26.0. The minimum absolute atomic E-state index is 0.160. The Bertz CT molecular complexity index is 1160. The number of hydrogen-bond donors (Lipinski definition) is 3. The second-order valence-corrected chi connectivity index (χ2v) is 10.3. The molecule has 194 valence electrons. The number of aliphatic hydroxyl groups excluding tert-OH is 2. The van der Waals surface area contributed by atoms with Crippen LogP contribution in [0.2, 0.25) is 0 Å². The third kappa shape index (κ3) is 3.42. The monoisotopic (exact) mass is 501 g/mol. The Morgan fingerprint density at radius 3 is 2.72 bits per heavy atom. The maximum absolute atomic E-state index is 12.9. The summed E-state index contributed by atoms with van der Waals surface area (Å²) in [5.41, 5.74) is 0.492. The molecule has 2 heterocycles. The largest absolute Gasteiger partial charge is 0.481 e. The zero-order valence-corrected chi connectivity index (χ0v) is 20.5. The quantitative estimate of drug-likeness (QED) is 0.446. The van der Waals surface area contributed by atoms with Gasteiger partial charge in [0.05, 0.1) is 17.6 Å². The van der Waals surface area contributed by atoms with E-state index < -0.39 is 53.5 Å². The van der Waals surface area contributed by atoms with Gasteiger partial charge in [-0.05, 0) is 51.9 Å². The summed E-state index contributed by atoms with van der Waals surface area (Å²) in [7, 11) is 1.99. The first-order valence-corrected chi connectivity index (χ1v) is 12.2. The van der Waals surface area contributed by atoms with Crippen molar-refractivity contribution in [2.24, 2.45) is 0 Å². The van der Waals surface area contributed by atoms with Gasteiger partial charge in [0, 0.05) is 30.0 Å². The topological polar surface area (TPSA) is 143 Å². The van der Waals surface area contributed by atoms with Crippen LogP contribution in [0.15, 0.2) is 24.0 Å². The molecule has 2 bridgehead atoms. The summed E-state index contributed by atoms with van der Waals surface area (Å²) >= 11 is 0. The van der Waals surface area contributed by atoms with Gasteiger partial charge in [0.25, 0.3) is 0 Å². The SMILES string of the molecule is CC(=O)C[C@H](O)C(=O)O[C@@H](C)C(=O)OC1=CC[C@@]2(O)[C@H]3Cc4ccc(CO)c5c4[C@@]2(CCN3C)[C@H]1O5. The minimum Gasteiger partial charge on any atom is -0.481 e. The molecular formula is C26H31NO9. The Morgan fingerprint density at radius 2 is 2.03 bits per heavy atom.